The summed E-state index contributed by atoms with van der Waals surface area (Å²) in [4.78, 5) is 9.70. The number of hydrogen-bond acceptors (Lipinski definition) is 3. The van der Waals surface area contributed by atoms with Crippen LogP contribution in [0.5, 0.6) is 0 Å². The van der Waals surface area contributed by atoms with Crippen LogP contribution >= 0.6 is 0 Å². The predicted molar refractivity (Wildman–Crippen MR) is 24.6 cm³/mol. The molecule has 7 heavy (non-hydrogen) atoms. The van der Waals surface area contributed by atoms with Crippen LogP contribution in [-0.2, 0) is 4.74 Å². The minimum atomic E-state index is -0.773. The number of amides is 1. The van der Waals surface area contributed by atoms with Crippen LogP contribution in [0.25, 0.3) is 0 Å². The molecule has 0 atom stereocenters. The fraction of sp³-hybridized carbons (Fsp3) is 0.667. The van der Waals surface area contributed by atoms with Gasteiger partial charge in [-0.3, -0.25) is 0 Å². The minimum Gasteiger partial charge on any atom is -0.448 e. The van der Waals surface area contributed by atoms with Crippen molar-refractivity contribution in [3.05, 3.63) is 0 Å². The molecular weight excluding hydrogens is 96.0 g/mol. The molecule has 0 aliphatic heterocycles. The van der Waals surface area contributed by atoms with Gasteiger partial charge >= 0.3 is 6.09 Å². The topological polar surface area (TPSA) is 78.3 Å². The number of carbonyl (C=O) groups excluding carboxylic acids is 1. The van der Waals surface area contributed by atoms with E-state index in [1.165, 1.54) is 0 Å². The van der Waals surface area contributed by atoms with Crippen LogP contribution < -0.4 is 11.5 Å². The number of hydrogen-bond donors (Lipinski definition) is 2. The summed E-state index contributed by atoms with van der Waals surface area (Å²) in [6.45, 7) is 0.526. The molecule has 0 aliphatic carbocycles. The second-order valence-electron chi connectivity index (χ2n) is 0.956. The lowest BCUT2D eigenvalue weighted by Gasteiger charge is -1.93. The number of primary amides is 1. The maximum Gasteiger partial charge on any atom is 0.404 e. The summed E-state index contributed by atoms with van der Waals surface area (Å²) in [5.41, 5.74) is 9.51. The van der Waals surface area contributed by atoms with Gasteiger partial charge in [0.2, 0.25) is 0 Å². The Morgan fingerprint density at radius 1 is 1.71 bits per heavy atom. The van der Waals surface area contributed by atoms with Gasteiger partial charge in [0.1, 0.15) is 6.61 Å². The van der Waals surface area contributed by atoms with Crippen molar-refractivity contribution in [1.29, 1.82) is 0 Å². The van der Waals surface area contributed by atoms with Crippen molar-refractivity contribution in [3.8, 4) is 0 Å². The van der Waals surface area contributed by atoms with Crippen molar-refractivity contribution >= 4 is 6.09 Å². The Balaban J connectivity index is 2.82. The molecule has 0 aromatic carbocycles. The van der Waals surface area contributed by atoms with E-state index in [0.717, 1.165) is 0 Å². The predicted octanol–water partition coefficient (Wildman–Crippen LogP) is -0.960. The van der Waals surface area contributed by atoms with E-state index in [-0.39, 0.29) is 6.61 Å². The lowest BCUT2D eigenvalue weighted by molar-refractivity contribution is 0.160. The Kier molecular flexibility index (Phi) is 3.04. The number of rotatable bonds is 2. The summed E-state index contributed by atoms with van der Waals surface area (Å²) in [5.74, 6) is 0. The third-order valence-electron chi connectivity index (χ3n) is 0.362. The number of carbonyl (C=O) groups is 1. The zero-order chi connectivity index (χ0) is 5.70. The van der Waals surface area contributed by atoms with Crippen LogP contribution in [0.1, 0.15) is 0 Å². The Morgan fingerprint density at radius 2 is 2.29 bits per heavy atom. The van der Waals surface area contributed by atoms with Gasteiger partial charge in [-0.2, -0.15) is 0 Å². The molecule has 0 aromatic heterocycles. The molecule has 0 aliphatic rings. The van der Waals surface area contributed by atoms with Gasteiger partial charge in [0.15, 0.2) is 0 Å². The normalized spacial score (nSPS) is 8.14. The lowest BCUT2D eigenvalue weighted by atomic mass is 10.7. The molecule has 0 rings (SSSR count). The molecule has 4 nitrogen and oxygen atoms in total. The average molecular weight is 104 g/mol. The van der Waals surface area contributed by atoms with Crippen molar-refractivity contribution in [1.82, 2.24) is 0 Å². The second-order valence-corrected chi connectivity index (χ2v) is 0.956. The highest BCUT2D eigenvalue weighted by molar-refractivity contribution is 5.64. The smallest absolute Gasteiger partial charge is 0.404 e. The summed E-state index contributed by atoms with van der Waals surface area (Å²) < 4.78 is 4.20. The van der Waals surface area contributed by atoms with Crippen molar-refractivity contribution in [3.63, 3.8) is 0 Å². The minimum absolute atomic E-state index is 0.204. The van der Waals surface area contributed by atoms with Gasteiger partial charge < -0.3 is 16.2 Å². The Labute approximate surface area is 41.4 Å². The Bertz CT molecular complexity index is 64.0. The first kappa shape index (κ1) is 6.23. The third-order valence-corrected chi connectivity index (χ3v) is 0.362. The number of nitrogens with two attached hydrogens (primary N) is 2. The largest absolute Gasteiger partial charge is 0.448 e. The van der Waals surface area contributed by atoms with Gasteiger partial charge in [-0.25, -0.2) is 4.79 Å². The SMILES string of the molecule is NCCOC(N)=O. The van der Waals surface area contributed by atoms with Crippen LogP contribution in [0.3, 0.4) is 0 Å². The summed E-state index contributed by atoms with van der Waals surface area (Å²) in [7, 11) is 0. The second kappa shape index (κ2) is 3.42. The average Bonchev–Trinajstić information content (AvgIpc) is 1.61. The van der Waals surface area contributed by atoms with Crippen molar-refractivity contribution in [2.45, 2.75) is 0 Å². The molecule has 0 saturated carbocycles. The molecule has 4 N–H and O–H groups in total. The van der Waals surface area contributed by atoms with Crippen molar-refractivity contribution < 1.29 is 9.53 Å². The van der Waals surface area contributed by atoms with E-state index in [4.69, 9.17) is 5.73 Å². The first-order valence-corrected chi connectivity index (χ1v) is 1.89. The van der Waals surface area contributed by atoms with Crippen LogP contribution in [0.4, 0.5) is 4.79 Å². The number of ether oxygens (including phenoxy) is 1. The van der Waals surface area contributed by atoms with Gasteiger partial charge in [-0.05, 0) is 0 Å². The van der Waals surface area contributed by atoms with Crippen molar-refractivity contribution in [2.24, 2.45) is 11.5 Å². The van der Waals surface area contributed by atoms with Crippen LogP contribution in [0.15, 0.2) is 0 Å². The van der Waals surface area contributed by atoms with E-state index in [2.05, 4.69) is 10.5 Å². The summed E-state index contributed by atoms with van der Waals surface area (Å²) in [5, 5.41) is 0. The van der Waals surface area contributed by atoms with E-state index in [0.29, 0.717) is 6.54 Å². The van der Waals surface area contributed by atoms with Gasteiger partial charge in [-0.1, -0.05) is 0 Å². The molecule has 0 bridgehead atoms. The monoisotopic (exact) mass is 104 g/mol. The zero-order valence-corrected chi connectivity index (χ0v) is 3.89. The van der Waals surface area contributed by atoms with Crippen LogP contribution in [0.2, 0.25) is 0 Å². The maximum absolute atomic E-state index is 9.70. The zero-order valence-electron chi connectivity index (χ0n) is 3.89. The summed E-state index contributed by atoms with van der Waals surface area (Å²) >= 11 is 0. The van der Waals surface area contributed by atoms with E-state index in [1.807, 2.05) is 0 Å². The molecular formula is C3H8N2O2. The highest BCUT2D eigenvalue weighted by atomic mass is 16.5. The first-order valence-electron chi connectivity index (χ1n) is 1.89. The molecule has 0 unspecified atom stereocenters. The van der Waals surface area contributed by atoms with Gasteiger partial charge in [0.25, 0.3) is 0 Å². The van der Waals surface area contributed by atoms with E-state index < -0.39 is 6.09 Å². The van der Waals surface area contributed by atoms with Gasteiger partial charge in [0.05, 0.1) is 0 Å². The molecule has 0 fully saturated rings. The standard InChI is InChI=1S/C3H8N2O2/c4-1-2-7-3(5)6/h1-2,4H2,(H2,5,6). The molecule has 0 spiro atoms. The molecule has 0 aromatic rings. The lowest BCUT2D eigenvalue weighted by Crippen LogP contribution is -2.18. The Morgan fingerprint density at radius 3 is 2.43 bits per heavy atom. The molecule has 42 valence electrons. The molecule has 0 heterocycles. The fourth-order valence-electron chi connectivity index (χ4n) is 0.160. The third kappa shape index (κ3) is 5.23. The Hall–Kier alpha value is -0.770. The summed E-state index contributed by atoms with van der Waals surface area (Å²) in [6.07, 6.45) is -0.773. The first-order chi connectivity index (χ1) is 3.27. The van der Waals surface area contributed by atoms with E-state index >= 15 is 0 Å². The quantitative estimate of drug-likeness (QED) is 0.473. The van der Waals surface area contributed by atoms with Crippen LogP contribution in [-0.4, -0.2) is 19.2 Å². The summed E-state index contributed by atoms with van der Waals surface area (Å²) in [6, 6.07) is 0. The molecule has 0 saturated heterocycles. The highest BCUT2D eigenvalue weighted by Crippen LogP contribution is 1.66. The van der Waals surface area contributed by atoms with E-state index in [1.54, 1.807) is 0 Å². The van der Waals surface area contributed by atoms with Crippen molar-refractivity contribution in [2.75, 3.05) is 13.2 Å². The molecule has 4 heteroatoms. The molecule has 1 amide bonds. The fourth-order valence-corrected chi connectivity index (χ4v) is 0.160. The van der Waals surface area contributed by atoms with Crippen LogP contribution in [0, 0.1) is 0 Å². The highest BCUT2D eigenvalue weighted by Gasteiger charge is 1.86. The molecule has 0 radical (unpaired) electrons. The van der Waals surface area contributed by atoms with E-state index in [9.17, 15) is 4.79 Å². The maximum atomic E-state index is 9.70. The van der Waals surface area contributed by atoms with Gasteiger partial charge in [0, 0.05) is 6.54 Å². The van der Waals surface area contributed by atoms with Gasteiger partial charge in [-0.15, -0.1) is 0 Å².